The maximum Gasteiger partial charge on any atom is 0.0982 e. The number of hydrogen-bond donors (Lipinski definition) is 1. The fourth-order valence-electron chi connectivity index (χ4n) is 1.61. The molecule has 5 heteroatoms. The zero-order valence-corrected chi connectivity index (χ0v) is 10.8. The van der Waals surface area contributed by atoms with Gasteiger partial charge in [0, 0.05) is 22.5 Å². The van der Waals surface area contributed by atoms with E-state index in [0.29, 0.717) is 11.6 Å². The minimum absolute atomic E-state index is 0.0879. The van der Waals surface area contributed by atoms with Crippen molar-refractivity contribution >= 4 is 22.9 Å². The summed E-state index contributed by atoms with van der Waals surface area (Å²) in [6, 6.07) is 4.29. The monoisotopic (exact) mass is 255 g/mol. The summed E-state index contributed by atoms with van der Waals surface area (Å²) in [6.45, 7) is 4.51. The Morgan fingerprint density at radius 2 is 2.25 bits per heavy atom. The van der Waals surface area contributed by atoms with Gasteiger partial charge in [0.1, 0.15) is 0 Å². The van der Waals surface area contributed by atoms with Crippen LogP contribution in [0.2, 0.25) is 5.02 Å². The summed E-state index contributed by atoms with van der Waals surface area (Å²) in [5.74, 6) is 0. The molecule has 2 rings (SSSR count). The smallest absolute Gasteiger partial charge is 0.0982 e. The van der Waals surface area contributed by atoms with Gasteiger partial charge in [-0.1, -0.05) is 11.6 Å². The Kier molecular flexibility index (Phi) is 3.33. The van der Waals surface area contributed by atoms with Crippen molar-refractivity contribution in [3.63, 3.8) is 0 Å². The second kappa shape index (κ2) is 4.57. The lowest BCUT2D eigenvalue weighted by Gasteiger charge is -2.13. The van der Waals surface area contributed by atoms with Gasteiger partial charge in [-0.2, -0.15) is 5.10 Å². The predicted molar refractivity (Wildman–Crippen MR) is 68.2 cm³/mol. The first-order chi connectivity index (χ1) is 7.61. The fourth-order valence-corrected chi connectivity index (χ4v) is 2.73. The van der Waals surface area contributed by atoms with Crippen molar-refractivity contribution in [3.8, 4) is 0 Å². The molecular formula is C11H14ClN3S. The predicted octanol–water partition coefficient (Wildman–Crippen LogP) is 2.76. The van der Waals surface area contributed by atoms with E-state index in [2.05, 4.69) is 24.2 Å². The highest BCUT2D eigenvalue weighted by Crippen LogP contribution is 2.26. The number of rotatable bonds is 3. The van der Waals surface area contributed by atoms with Crippen molar-refractivity contribution in [1.29, 1.82) is 0 Å². The molecule has 0 aromatic carbocycles. The molecule has 0 aliphatic rings. The van der Waals surface area contributed by atoms with E-state index in [1.807, 2.05) is 17.8 Å². The average molecular weight is 256 g/mol. The van der Waals surface area contributed by atoms with Crippen LogP contribution in [-0.2, 0) is 0 Å². The molecule has 1 unspecified atom stereocenters. The Morgan fingerprint density at radius 1 is 1.50 bits per heavy atom. The van der Waals surface area contributed by atoms with Crippen LogP contribution in [0, 0.1) is 13.8 Å². The molecule has 2 aromatic rings. The van der Waals surface area contributed by atoms with E-state index < -0.39 is 0 Å². The van der Waals surface area contributed by atoms with E-state index in [1.165, 1.54) is 9.75 Å². The highest BCUT2D eigenvalue weighted by atomic mass is 35.5. The van der Waals surface area contributed by atoms with Crippen molar-refractivity contribution in [2.45, 2.75) is 19.9 Å². The van der Waals surface area contributed by atoms with Crippen molar-refractivity contribution in [2.24, 2.45) is 5.73 Å². The Hall–Kier alpha value is -0.840. The summed E-state index contributed by atoms with van der Waals surface area (Å²) in [7, 11) is 0. The molecule has 0 bridgehead atoms. The molecular weight excluding hydrogens is 242 g/mol. The molecule has 0 radical (unpaired) electrons. The molecule has 86 valence electrons. The van der Waals surface area contributed by atoms with Gasteiger partial charge in [0.15, 0.2) is 0 Å². The van der Waals surface area contributed by atoms with E-state index in [9.17, 15) is 0 Å². The molecule has 0 spiro atoms. The van der Waals surface area contributed by atoms with Gasteiger partial charge in [0.05, 0.1) is 16.8 Å². The third-order valence-corrected chi connectivity index (χ3v) is 3.96. The minimum Gasteiger partial charge on any atom is -0.328 e. The zero-order chi connectivity index (χ0) is 11.7. The molecule has 0 saturated carbocycles. The first kappa shape index (κ1) is 11.6. The molecule has 2 aromatic heterocycles. The highest BCUT2D eigenvalue weighted by molar-refractivity contribution is 7.12. The van der Waals surface area contributed by atoms with Crippen molar-refractivity contribution in [2.75, 3.05) is 6.54 Å². The second-order valence-electron chi connectivity index (χ2n) is 3.74. The lowest BCUT2D eigenvalue weighted by molar-refractivity contribution is 0.536. The molecule has 3 nitrogen and oxygen atoms in total. The van der Waals surface area contributed by atoms with Gasteiger partial charge in [0.2, 0.25) is 0 Å². The standard InChI is InChI=1S/C11H14ClN3S/c1-7-3-4-11(16-7)10(5-13)15-6-9(12)8(2)14-15/h3-4,6,10H,5,13H2,1-2H3. The Morgan fingerprint density at radius 3 is 2.69 bits per heavy atom. The largest absolute Gasteiger partial charge is 0.328 e. The summed E-state index contributed by atoms with van der Waals surface area (Å²) in [5.41, 5.74) is 6.65. The van der Waals surface area contributed by atoms with Crippen LogP contribution in [0.25, 0.3) is 0 Å². The first-order valence-electron chi connectivity index (χ1n) is 5.09. The number of hydrogen-bond acceptors (Lipinski definition) is 3. The molecule has 2 N–H and O–H groups in total. The number of nitrogens with two attached hydrogens (primary N) is 1. The maximum absolute atomic E-state index is 6.00. The van der Waals surface area contributed by atoms with Gasteiger partial charge in [-0.15, -0.1) is 11.3 Å². The summed E-state index contributed by atoms with van der Waals surface area (Å²) in [5, 5.41) is 5.07. The number of nitrogens with zero attached hydrogens (tertiary/aromatic N) is 2. The number of aryl methyl sites for hydroxylation is 2. The quantitative estimate of drug-likeness (QED) is 0.917. The van der Waals surface area contributed by atoms with Crippen molar-refractivity contribution < 1.29 is 0 Å². The van der Waals surface area contributed by atoms with Gasteiger partial charge < -0.3 is 5.73 Å². The number of halogens is 1. The second-order valence-corrected chi connectivity index (χ2v) is 5.47. The van der Waals surface area contributed by atoms with Crippen LogP contribution in [0.4, 0.5) is 0 Å². The minimum atomic E-state index is 0.0879. The molecule has 2 heterocycles. The fraction of sp³-hybridized carbons (Fsp3) is 0.364. The van der Waals surface area contributed by atoms with Gasteiger partial charge >= 0.3 is 0 Å². The third-order valence-electron chi connectivity index (χ3n) is 2.49. The Bertz CT molecular complexity index is 470. The van der Waals surface area contributed by atoms with Gasteiger partial charge in [-0.25, -0.2) is 0 Å². The zero-order valence-electron chi connectivity index (χ0n) is 9.27. The normalized spacial score (nSPS) is 13.0. The van der Waals surface area contributed by atoms with Gasteiger partial charge in [-0.3, -0.25) is 4.68 Å². The van der Waals surface area contributed by atoms with Gasteiger partial charge in [-0.05, 0) is 26.0 Å². The average Bonchev–Trinajstić information content (AvgIpc) is 2.77. The summed E-state index contributed by atoms with van der Waals surface area (Å²) in [6.07, 6.45) is 1.84. The molecule has 0 fully saturated rings. The van der Waals surface area contributed by atoms with E-state index in [0.717, 1.165) is 5.69 Å². The summed E-state index contributed by atoms with van der Waals surface area (Å²) < 4.78 is 1.85. The lowest BCUT2D eigenvalue weighted by Crippen LogP contribution is -2.20. The molecule has 0 aliphatic heterocycles. The Balaban J connectivity index is 2.36. The van der Waals surface area contributed by atoms with E-state index >= 15 is 0 Å². The van der Waals surface area contributed by atoms with E-state index in [1.54, 1.807) is 11.3 Å². The molecule has 1 atom stereocenters. The van der Waals surface area contributed by atoms with Crippen LogP contribution in [0.3, 0.4) is 0 Å². The van der Waals surface area contributed by atoms with E-state index in [4.69, 9.17) is 17.3 Å². The van der Waals surface area contributed by atoms with Crippen LogP contribution in [0.5, 0.6) is 0 Å². The molecule has 0 aliphatic carbocycles. The van der Waals surface area contributed by atoms with Crippen LogP contribution in [-0.4, -0.2) is 16.3 Å². The van der Waals surface area contributed by atoms with Crippen LogP contribution in [0.1, 0.15) is 21.5 Å². The van der Waals surface area contributed by atoms with Crippen molar-refractivity contribution in [3.05, 3.63) is 38.8 Å². The number of thiophene rings is 1. The number of aromatic nitrogens is 2. The summed E-state index contributed by atoms with van der Waals surface area (Å²) in [4.78, 5) is 2.50. The van der Waals surface area contributed by atoms with Crippen LogP contribution in [0.15, 0.2) is 18.3 Å². The van der Waals surface area contributed by atoms with Crippen molar-refractivity contribution in [1.82, 2.24) is 9.78 Å². The summed E-state index contributed by atoms with van der Waals surface area (Å²) >= 11 is 7.75. The SMILES string of the molecule is Cc1ccc(C(CN)n2cc(Cl)c(C)n2)s1. The van der Waals surface area contributed by atoms with Crippen LogP contribution >= 0.6 is 22.9 Å². The lowest BCUT2D eigenvalue weighted by atomic mass is 10.2. The Labute approximate surface area is 104 Å². The first-order valence-corrected chi connectivity index (χ1v) is 6.29. The molecule has 0 amide bonds. The molecule has 0 saturated heterocycles. The highest BCUT2D eigenvalue weighted by Gasteiger charge is 2.16. The third kappa shape index (κ3) is 2.14. The van der Waals surface area contributed by atoms with E-state index in [-0.39, 0.29) is 6.04 Å². The van der Waals surface area contributed by atoms with Gasteiger partial charge in [0.25, 0.3) is 0 Å². The molecule has 16 heavy (non-hydrogen) atoms. The maximum atomic E-state index is 6.00. The van der Waals surface area contributed by atoms with Crippen LogP contribution < -0.4 is 5.73 Å². The topological polar surface area (TPSA) is 43.8 Å².